The molecule has 7 heteroatoms. The summed E-state index contributed by atoms with van der Waals surface area (Å²) < 4.78 is 0. The molecule has 0 fully saturated rings. The molecule has 0 spiro atoms. The summed E-state index contributed by atoms with van der Waals surface area (Å²) in [5, 5.41) is 5.93. The standard InChI is InChI=1S/C18H10BCl2N3O/c19-9-4-5-14-11(8-9)15-10(6-7-22-18(15)25)17(23-14)24-16-12(20)2-1-3-13(16)21/h1-8H,(H,22,25)(H,23,24). The van der Waals surface area contributed by atoms with Crippen LogP contribution in [0.15, 0.2) is 53.5 Å². The molecule has 0 amide bonds. The van der Waals surface area contributed by atoms with Gasteiger partial charge in [0.1, 0.15) is 13.7 Å². The Kier molecular flexibility index (Phi) is 3.90. The normalized spacial score (nSPS) is 11.1. The van der Waals surface area contributed by atoms with Crippen LogP contribution in [0.1, 0.15) is 0 Å². The third kappa shape index (κ3) is 2.75. The SMILES string of the molecule is [B]c1ccc2nc(Nc3c(Cl)cccc3Cl)c3cc[nH]c(=O)c3c2c1. The Morgan fingerprint density at radius 1 is 1.04 bits per heavy atom. The van der Waals surface area contributed by atoms with E-state index < -0.39 is 0 Å². The van der Waals surface area contributed by atoms with Gasteiger partial charge >= 0.3 is 0 Å². The summed E-state index contributed by atoms with van der Waals surface area (Å²) >= 11 is 12.5. The number of para-hydroxylation sites is 1. The van der Waals surface area contributed by atoms with Gasteiger partial charge < -0.3 is 10.3 Å². The van der Waals surface area contributed by atoms with Gasteiger partial charge in [-0.15, -0.1) is 0 Å². The molecule has 0 unspecified atom stereocenters. The Balaban J connectivity index is 2.05. The predicted octanol–water partition coefficient (Wildman–Crippen LogP) is 3.92. The molecule has 120 valence electrons. The van der Waals surface area contributed by atoms with Crippen molar-refractivity contribution < 1.29 is 0 Å². The highest BCUT2D eigenvalue weighted by Gasteiger charge is 2.14. The molecule has 4 rings (SSSR count). The molecule has 0 saturated carbocycles. The van der Waals surface area contributed by atoms with Gasteiger partial charge in [-0.2, -0.15) is 0 Å². The second kappa shape index (κ2) is 6.10. The van der Waals surface area contributed by atoms with Crippen molar-refractivity contribution in [2.24, 2.45) is 0 Å². The molecule has 2 heterocycles. The number of anilines is 2. The zero-order valence-electron chi connectivity index (χ0n) is 12.8. The Morgan fingerprint density at radius 2 is 1.80 bits per heavy atom. The first-order valence-electron chi connectivity index (χ1n) is 7.46. The van der Waals surface area contributed by atoms with E-state index in [1.807, 2.05) is 0 Å². The van der Waals surface area contributed by atoms with E-state index in [4.69, 9.17) is 31.0 Å². The van der Waals surface area contributed by atoms with Gasteiger partial charge in [-0.3, -0.25) is 4.79 Å². The molecule has 2 aromatic carbocycles. The van der Waals surface area contributed by atoms with Crippen LogP contribution in [0.5, 0.6) is 0 Å². The first-order valence-corrected chi connectivity index (χ1v) is 8.22. The summed E-state index contributed by atoms with van der Waals surface area (Å²) in [6, 6.07) is 12.3. The monoisotopic (exact) mass is 365 g/mol. The van der Waals surface area contributed by atoms with Crippen molar-refractivity contribution >= 4 is 69.7 Å². The summed E-state index contributed by atoms with van der Waals surface area (Å²) in [5.74, 6) is 0.494. The molecule has 0 aliphatic heterocycles. The van der Waals surface area contributed by atoms with Crippen molar-refractivity contribution in [3.8, 4) is 0 Å². The van der Waals surface area contributed by atoms with E-state index in [-0.39, 0.29) is 5.56 Å². The minimum Gasteiger partial charge on any atom is -0.337 e. The van der Waals surface area contributed by atoms with Gasteiger partial charge in [-0.1, -0.05) is 46.9 Å². The fraction of sp³-hybridized carbons (Fsp3) is 0. The number of benzene rings is 2. The van der Waals surface area contributed by atoms with Gasteiger partial charge in [-0.05, 0) is 24.3 Å². The van der Waals surface area contributed by atoms with Gasteiger partial charge in [-0.25, -0.2) is 4.98 Å². The average Bonchev–Trinajstić information content (AvgIpc) is 2.58. The van der Waals surface area contributed by atoms with Crippen LogP contribution < -0.4 is 16.3 Å². The molecule has 0 aliphatic carbocycles. The van der Waals surface area contributed by atoms with E-state index in [0.29, 0.717) is 48.7 Å². The number of aromatic nitrogens is 2. The second-order valence-electron chi connectivity index (χ2n) is 5.55. The molecule has 4 nitrogen and oxygen atoms in total. The number of hydrogen-bond donors (Lipinski definition) is 2. The van der Waals surface area contributed by atoms with Crippen molar-refractivity contribution in [3.63, 3.8) is 0 Å². The number of fused-ring (bicyclic) bond motifs is 3. The Morgan fingerprint density at radius 3 is 2.56 bits per heavy atom. The van der Waals surface area contributed by atoms with Crippen LogP contribution in [0.2, 0.25) is 10.0 Å². The lowest BCUT2D eigenvalue weighted by molar-refractivity contribution is 1.27. The minimum atomic E-state index is -0.219. The van der Waals surface area contributed by atoms with E-state index in [0.717, 1.165) is 0 Å². The quantitative estimate of drug-likeness (QED) is 0.418. The maximum Gasteiger partial charge on any atom is 0.256 e. The summed E-state index contributed by atoms with van der Waals surface area (Å²) in [6.07, 6.45) is 1.57. The van der Waals surface area contributed by atoms with Crippen molar-refractivity contribution in [2.75, 3.05) is 5.32 Å². The van der Waals surface area contributed by atoms with E-state index in [1.54, 1.807) is 48.7 Å². The number of halogens is 2. The fourth-order valence-corrected chi connectivity index (χ4v) is 3.30. The zero-order valence-corrected chi connectivity index (χ0v) is 14.3. The zero-order chi connectivity index (χ0) is 17.6. The lowest BCUT2D eigenvalue weighted by Gasteiger charge is -2.13. The maximum atomic E-state index is 12.4. The largest absolute Gasteiger partial charge is 0.337 e. The first kappa shape index (κ1) is 16.0. The lowest BCUT2D eigenvalue weighted by atomic mass is 9.93. The van der Waals surface area contributed by atoms with Gasteiger partial charge in [0, 0.05) is 17.0 Å². The van der Waals surface area contributed by atoms with Crippen LogP contribution in [-0.4, -0.2) is 17.8 Å². The molecular formula is C18H10BCl2N3O. The molecule has 0 aliphatic rings. The Hall–Kier alpha value is -2.50. The number of rotatable bonds is 2. The van der Waals surface area contributed by atoms with Crippen molar-refractivity contribution in [1.29, 1.82) is 0 Å². The highest BCUT2D eigenvalue weighted by molar-refractivity contribution is 6.39. The van der Waals surface area contributed by atoms with Gasteiger partial charge in [0.15, 0.2) is 0 Å². The van der Waals surface area contributed by atoms with Crippen molar-refractivity contribution in [1.82, 2.24) is 9.97 Å². The molecule has 0 bridgehead atoms. The Bertz CT molecular complexity index is 1170. The molecule has 2 aromatic heterocycles. The number of nitrogens with one attached hydrogen (secondary N) is 2. The van der Waals surface area contributed by atoms with E-state index in [2.05, 4.69) is 15.3 Å². The molecule has 0 atom stereocenters. The Labute approximate surface area is 154 Å². The molecule has 4 aromatic rings. The molecular weight excluding hydrogens is 356 g/mol. The number of hydrogen-bond acceptors (Lipinski definition) is 3. The van der Waals surface area contributed by atoms with Gasteiger partial charge in [0.25, 0.3) is 5.56 Å². The molecule has 25 heavy (non-hydrogen) atoms. The third-order valence-electron chi connectivity index (χ3n) is 3.94. The maximum absolute atomic E-state index is 12.4. The van der Waals surface area contributed by atoms with Crippen molar-refractivity contribution in [3.05, 3.63) is 69.1 Å². The van der Waals surface area contributed by atoms with Crippen LogP contribution in [0.4, 0.5) is 11.5 Å². The smallest absolute Gasteiger partial charge is 0.256 e. The topological polar surface area (TPSA) is 57.8 Å². The molecule has 2 radical (unpaired) electrons. The van der Waals surface area contributed by atoms with Crippen LogP contribution in [0.25, 0.3) is 21.7 Å². The highest BCUT2D eigenvalue weighted by Crippen LogP contribution is 2.35. The summed E-state index contributed by atoms with van der Waals surface area (Å²) in [7, 11) is 5.88. The minimum absolute atomic E-state index is 0.219. The van der Waals surface area contributed by atoms with Crippen molar-refractivity contribution in [2.45, 2.75) is 0 Å². The molecule has 2 N–H and O–H groups in total. The third-order valence-corrected chi connectivity index (χ3v) is 4.57. The predicted molar refractivity (Wildman–Crippen MR) is 105 cm³/mol. The highest BCUT2D eigenvalue weighted by atomic mass is 35.5. The summed E-state index contributed by atoms with van der Waals surface area (Å²) in [6.45, 7) is 0. The number of aromatic amines is 1. The number of pyridine rings is 2. The van der Waals surface area contributed by atoms with Crippen LogP contribution in [0.3, 0.4) is 0 Å². The van der Waals surface area contributed by atoms with E-state index in [9.17, 15) is 4.79 Å². The fourth-order valence-electron chi connectivity index (χ4n) is 2.81. The van der Waals surface area contributed by atoms with Crippen LogP contribution >= 0.6 is 23.2 Å². The van der Waals surface area contributed by atoms with Gasteiger partial charge in [0.2, 0.25) is 0 Å². The summed E-state index contributed by atoms with van der Waals surface area (Å²) in [4.78, 5) is 19.8. The van der Waals surface area contributed by atoms with E-state index in [1.165, 1.54) is 0 Å². The number of nitrogens with zero attached hydrogens (tertiary/aromatic N) is 1. The first-order chi connectivity index (χ1) is 12.0. The lowest BCUT2D eigenvalue weighted by Crippen LogP contribution is -2.09. The second-order valence-corrected chi connectivity index (χ2v) is 6.37. The average molecular weight is 366 g/mol. The molecule has 0 saturated heterocycles. The summed E-state index contributed by atoms with van der Waals surface area (Å²) in [5.41, 5.74) is 1.52. The van der Waals surface area contributed by atoms with E-state index >= 15 is 0 Å². The number of H-pyrrole nitrogens is 1. The van der Waals surface area contributed by atoms with Crippen LogP contribution in [-0.2, 0) is 0 Å². The van der Waals surface area contributed by atoms with Gasteiger partial charge in [0.05, 0.1) is 26.6 Å². The van der Waals surface area contributed by atoms with Crippen LogP contribution in [0, 0.1) is 0 Å².